The molecule has 15 heterocycles. The standard InChI is InChI=1S/C40H44FN7O5.C28H30FN7O3.C20H19FN4O3.C19H24ClN3O2.3CH4/c1-40(2,3)53-39(50)48-22-30-29(34-20-42-36-19-27(41)15-16-47(34)36)11-12-31(37(30)38(48)49)43-35-14-13-33(32(44-35)23-45(4)5)46-17-18-51-25-28(21-46)52-24-26-9-7-6-8-10-26;1-34(2)15-22-23(35-9-10-39-16-18(37)14-35)5-6-25(33-22)32-21-4-3-19(20-12-31-28(38)27(20)21)24-13-30-26-11-17(29)7-8-36(24)26;1-20(2,3)28-19(27)25-10-13-12(4-5-14(22)17(13)18(25)26)15-9-23-16-8-11(21)6-7-24(15)16;1-22(2)19-17(8-9-18(20)21-19)23-10-11-24-14-16(12-23)25-13-15-6-4-3-5-7-15;;;/h6-16,19-20,28H,17-18,21-25H2,1-5H3,(H,43,44);3-8,11,13,18,37H,9-10,12,14-16H2,1-2H3,(H,31,38)(H,32,33);4-9H,10,22H2,1-3H3;3-9,16H,10-14H2,1-2H3;3*1H4. The Balaban J connectivity index is 0.000000161. The number of nitrogens with one attached hydrogen (secondary N) is 3. The highest BCUT2D eigenvalue weighted by Crippen LogP contribution is 2.43. The molecule has 0 saturated carbocycles. The molecule has 3 fully saturated rings. The second-order valence-electron chi connectivity index (χ2n) is 38.6. The van der Waals surface area contributed by atoms with Crippen LogP contribution >= 0.6 is 11.6 Å². The predicted octanol–water partition coefficient (Wildman–Crippen LogP) is 18.2. The summed E-state index contributed by atoms with van der Waals surface area (Å²) >= 11 is 6.07. The average Bonchev–Trinajstić information content (AvgIpc) is 1.59. The van der Waals surface area contributed by atoms with Crippen LogP contribution in [0.25, 0.3) is 50.7 Å². The Hall–Kier alpha value is -14.7. The summed E-state index contributed by atoms with van der Waals surface area (Å²) in [4.78, 5) is 108. The van der Waals surface area contributed by atoms with Crippen molar-refractivity contribution in [3.8, 4) is 33.8 Å². The Morgan fingerprint density at radius 2 is 0.905 bits per heavy atom. The summed E-state index contributed by atoms with van der Waals surface area (Å²) in [6, 6.07) is 50.9. The maximum atomic E-state index is 14.1. The number of hydrogen-bond donors (Lipinski definition) is 5. The molecule has 0 aliphatic carbocycles. The zero-order valence-corrected chi connectivity index (χ0v) is 83.6. The Morgan fingerprint density at radius 1 is 0.500 bits per heavy atom. The summed E-state index contributed by atoms with van der Waals surface area (Å²) in [5.74, 6) is -0.294. The van der Waals surface area contributed by atoms with Gasteiger partial charge >= 0.3 is 12.2 Å². The Labute approximate surface area is 864 Å². The quantitative estimate of drug-likeness (QED) is 0.0329. The number of ether oxygens (including phenoxy) is 7. The van der Waals surface area contributed by atoms with E-state index in [4.69, 9.17) is 60.5 Å². The highest BCUT2D eigenvalue weighted by molar-refractivity contribution is 6.29. The van der Waals surface area contributed by atoms with Gasteiger partial charge in [0, 0.05) is 132 Å². The predicted molar refractivity (Wildman–Crippen MR) is 568 cm³/mol. The first-order valence-electron chi connectivity index (χ1n) is 47.7. The molecule has 0 radical (unpaired) electrons. The fourth-order valence-electron chi connectivity index (χ4n) is 18.1. The van der Waals surface area contributed by atoms with Crippen LogP contribution in [0.1, 0.15) is 134 Å². The number of aliphatic hydroxyl groups is 1. The summed E-state index contributed by atoms with van der Waals surface area (Å²) in [7, 11) is 11.9. The second-order valence-corrected chi connectivity index (χ2v) is 39.0. The largest absolute Gasteiger partial charge is 0.443 e. The Morgan fingerprint density at radius 3 is 1.35 bits per heavy atom. The van der Waals surface area contributed by atoms with E-state index in [9.17, 15) is 42.3 Å². The van der Waals surface area contributed by atoms with Gasteiger partial charge in [0.15, 0.2) is 5.82 Å². The SMILES string of the molecule is C.C.C.CC(C)(C)OC(=O)N1Cc2c(-c3cnc4cc(F)ccn34)ccc(N)c2C1=O.CN(C)Cc1nc(Nc2ccc(-c3cnc4cc(F)ccn34)c3c2C(=O)N(C(=O)OC(C)(C)C)C3)ccc1N1CCOCC(OCc2ccccc2)C1.CN(C)Cc1nc(Nc2ccc(-c3cnc4cc(F)ccn34)c3c2C(=O)NC3)ccc1N1CCOCC(O)C1.CN(C)c1nc(Cl)ccc1N1CCOCC(OCc2ccccc2)C1. The first-order chi connectivity index (χ1) is 69.6. The van der Waals surface area contributed by atoms with Gasteiger partial charge in [0.1, 0.15) is 62.4 Å². The number of nitrogen functional groups attached to an aromatic ring is 1. The van der Waals surface area contributed by atoms with Crippen LogP contribution in [0.2, 0.25) is 5.15 Å². The maximum absolute atomic E-state index is 14.1. The molecular formula is C110H129ClF3N21O13. The van der Waals surface area contributed by atoms with Crippen molar-refractivity contribution in [1.29, 1.82) is 0 Å². The molecule has 148 heavy (non-hydrogen) atoms. The van der Waals surface area contributed by atoms with E-state index in [1.165, 1.54) is 42.0 Å². The molecule has 14 aromatic rings. The van der Waals surface area contributed by atoms with Crippen LogP contribution in [-0.2, 0) is 79.1 Å². The molecule has 0 spiro atoms. The number of carbonyl (C=O) groups excluding carboxylic acids is 5. The minimum atomic E-state index is -0.802. The van der Waals surface area contributed by atoms with E-state index in [1.807, 2.05) is 160 Å². The van der Waals surface area contributed by atoms with E-state index in [1.54, 1.807) is 106 Å². The highest BCUT2D eigenvalue weighted by atomic mass is 35.5. The maximum Gasteiger partial charge on any atom is 0.417 e. The van der Waals surface area contributed by atoms with Crippen molar-refractivity contribution in [2.75, 3.05) is 157 Å². The number of β-amino-alcohol motifs (C(OH)–C–C–N with tert-alkyl or cyclic N) is 1. The zero-order valence-electron chi connectivity index (χ0n) is 82.8. The van der Waals surface area contributed by atoms with Crippen LogP contribution in [0.5, 0.6) is 0 Å². The van der Waals surface area contributed by atoms with E-state index >= 15 is 0 Å². The molecule has 3 atom stereocenters. The van der Waals surface area contributed by atoms with Crippen LogP contribution in [0.3, 0.4) is 0 Å². The lowest BCUT2D eigenvalue weighted by Gasteiger charge is -2.29. The van der Waals surface area contributed by atoms with Crippen LogP contribution < -0.4 is 41.3 Å². The van der Waals surface area contributed by atoms with E-state index in [0.717, 1.165) is 79.5 Å². The summed E-state index contributed by atoms with van der Waals surface area (Å²) in [5.41, 5.74) is 21.8. The van der Waals surface area contributed by atoms with Gasteiger partial charge < -0.3 is 89.3 Å². The molecular weight excluding hydrogens is 1920 g/mol. The van der Waals surface area contributed by atoms with Gasteiger partial charge in [0.25, 0.3) is 17.7 Å². The first-order valence-corrected chi connectivity index (χ1v) is 48.1. The fraction of sp³-hybridized carbons (Fsp3) is 0.355. The number of benzene rings is 5. The number of fused-ring (bicyclic) bond motifs is 6. The highest BCUT2D eigenvalue weighted by Gasteiger charge is 2.42. The number of nitrogens with zero attached hydrogens (tertiary/aromatic N) is 17. The van der Waals surface area contributed by atoms with Gasteiger partial charge in [-0.3, -0.25) is 27.6 Å². The number of hydrogen-bond acceptors (Lipinski definition) is 28. The number of nitrogens with two attached hydrogens (primary N) is 1. The van der Waals surface area contributed by atoms with Crippen molar-refractivity contribution in [3.63, 3.8) is 0 Å². The molecule has 6 aliphatic rings. The zero-order chi connectivity index (χ0) is 102. The smallest absolute Gasteiger partial charge is 0.417 e. The van der Waals surface area contributed by atoms with Crippen molar-refractivity contribution in [1.82, 2.24) is 68.0 Å². The van der Waals surface area contributed by atoms with E-state index < -0.39 is 52.9 Å². The minimum Gasteiger partial charge on any atom is -0.443 e. The molecule has 6 N–H and O–H groups in total. The molecule has 780 valence electrons. The molecule has 3 unspecified atom stereocenters. The molecule has 3 saturated heterocycles. The second kappa shape index (κ2) is 47.4. The molecule has 20 rings (SSSR count). The van der Waals surface area contributed by atoms with Crippen LogP contribution in [0, 0.1) is 17.5 Å². The summed E-state index contributed by atoms with van der Waals surface area (Å²) in [6.07, 6.45) is 7.59. The van der Waals surface area contributed by atoms with Gasteiger partial charge in [-0.25, -0.2) is 62.5 Å². The number of anilines is 9. The number of amides is 5. The summed E-state index contributed by atoms with van der Waals surface area (Å²) < 4.78 is 87.0. The van der Waals surface area contributed by atoms with E-state index in [0.29, 0.717) is 189 Å². The molecule has 38 heteroatoms. The average molecular weight is 2050 g/mol. The third-order valence-electron chi connectivity index (χ3n) is 24.7. The number of halogens is 4. The number of imide groups is 2. The Kier molecular flexibility index (Phi) is 35.0. The third kappa shape index (κ3) is 25.6. The van der Waals surface area contributed by atoms with Crippen molar-refractivity contribution < 1.29 is 75.4 Å². The number of aromatic nitrogens is 9. The van der Waals surface area contributed by atoms with Crippen LogP contribution in [-0.4, -0.2) is 248 Å². The number of imidazole rings is 3. The summed E-state index contributed by atoms with van der Waals surface area (Å²) in [5, 5.41) is 20.4. The lowest BCUT2D eigenvalue weighted by Crippen LogP contribution is -2.37. The van der Waals surface area contributed by atoms with Crippen molar-refractivity contribution in [2.24, 2.45) is 0 Å². The molecule has 5 aromatic carbocycles. The van der Waals surface area contributed by atoms with E-state index in [-0.39, 0.29) is 70.6 Å². The van der Waals surface area contributed by atoms with Crippen molar-refractivity contribution >= 4 is 110 Å². The third-order valence-corrected chi connectivity index (χ3v) is 24.9. The molecule has 5 amide bonds. The van der Waals surface area contributed by atoms with Crippen molar-refractivity contribution in [2.45, 2.75) is 139 Å². The Bertz CT molecular complexity index is 7100. The van der Waals surface area contributed by atoms with Gasteiger partial charge in [-0.2, -0.15) is 0 Å². The van der Waals surface area contributed by atoms with Gasteiger partial charge in [-0.1, -0.05) is 113 Å². The lowest BCUT2D eigenvalue weighted by molar-refractivity contribution is -0.00797. The van der Waals surface area contributed by atoms with Gasteiger partial charge in [-0.05, 0) is 170 Å². The normalized spacial score (nSPS) is 16.1. The van der Waals surface area contributed by atoms with E-state index in [2.05, 4.69) is 67.6 Å². The van der Waals surface area contributed by atoms with Gasteiger partial charge in [0.2, 0.25) is 0 Å². The van der Waals surface area contributed by atoms with Gasteiger partial charge in [0.05, 0.1) is 176 Å². The van der Waals surface area contributed by atoms with Crippen LogP contribution in [0.15, 0.2) is 207 Å². The fourth-order valence-corrected chi connectivity index (χ4v) is 18.3. The first kappa shape index (κ1) is 109. The number of carbonyl (C=O) groups is 5. The number of rotatable bonds is 21. The van der Waals surface area contributed by atoms with Crippen molar-refractivity contribution in [3.05, 3.63) is 286 Å². The topological polar surface area (TPSA) is 349 Å². The van der Waals surface area contributed by atoms with Gasteiger partial charge in [-0.15, -0.1) is 0 Å². The number of aliphatic hydroxyl groups excluding tert-OH is 1. The molecule has 6 aliphatic heterocycles. The van der Waals surface area contributed by atoms with Crippen LogP contribution in [0.4, 0.5) is 74.3 Å². The monoisotopic (exact) mass is 2040 g/mol. The summed E-state index contributed by atoms with van der Waals surface area (Å²) in [6.45, 7) is 20.3. The molecule has 34 nitrogen and oxygen atoms in total. The minimum absolute atomic E-state index is 0. The molecule has 0 bridgehead atoms. The molecule has 9 aromatic heterocycles. The lowest BCUT2D eigenvalue weighted by atomic mass is 9.99. The number of pyridine rings is 6.